The van der Waals surface area contributed by atoms with Crippen LogP contribution in [0.5, 0.6) is 0 Å². The minimum Gasteiger partial charge on any atom is -0.379 e. The average molecular weight is 925 g/mol. The van der Waals surface area contributed by atoms with Crippen LogP contribution in [0.4, 0.5) is 0 Å². The summed E-state index contributed by atoms with van der Waals surface area (Å²) in [4.78, 5) is 76.2. The topological polar surface area (TPSA) is 160 Å². The fourth-order valence-corrected chi connectivity index (χ4v) is 10.3. The number of nitrogens with one attached hydrogen (secondary N) is 1. The number of benzene rings is 2. The van der Waals surface area contributed by atoms with E-state index in [4.69, 9.17) is 9.47 Å². The third-order valence-corrected chi connectivity index (χ3v) is 14.8. The molecule has 2 aromatic rings. The first kappa shape index (κ1) is 55.3. The smallest absolute Gasteiger partial charge is 0.226 e. The van der Waals surface area contributed by atoms with E-state index in [0.29, 0.717) is 19.4 Å². The molecule has 1 aliphatic rings. The summed E-state index contributed by atoms with van der Waals surface area (Å²) in [5.74, 6) is -2.78. The van der Waals surface area contributed by atoms with Gasteiger partial charge in [0.1, 0.15) is 5.78 Å². The Bertz CT molecular complexity index is 1980. The quantitative estimate of drug-likeness (QED) is 0.109. The van der Waals surface area contributed by atoms with E-state index in [9.17, 15) is 32.4 Å². The third-order valence-electron chi connectivity index (χ3n) is 13.7. The van der Waals surface area contributed by atoms with E-state index in [2.05, 4.69) is 12.2 Å². The standard InChI is InChI=1S/C51H80N4O9S/c1-15-35(7)48(54(11)51(60)41(32(2)3)29-44(57)47(33(4)5)53(9)10)45(63-12)30-46(58)55-26-16-17-42(55)49(64-13)36(8)43(56)28-39(27-37-22-24-40(25-23-37)65(14,61)62)50(59)52-31-38-20-18-34(6)19-21-38/h18-25,32-33,35-36,39,41-42,45,47-49H,15-17,26-31H2,1-14H3,(H,52,59)/t35-,36-,39+,41-,42-,45+,47-,48-,49+/m0/s1. The van der Waals surface area contributed by atoms with Crippen LogP contribution < -0.4 is 5.32 Å². The van der Waals surface area contributed by atoms with Crippen molar-refractivity contribution in [2.45, 2.75) is 142 Å². The van der Waals surface area contributed by atoms with Crippen molar-refractivity contribution < 1.29 is 41.9 Å². The Labute approximate surface area is 390 Å². The van der Waals surface area contributed by atoms with Crippen molar-refractivity contribution in [3.63, 3.8) is 0 Å². The largest absolute Gasteiger partial charge is 0.379 e. The van der Waals surface area contributed by atoms with Gasteiger partial charge >= 0.3 is 0 Å². The zero-order chi connectivity index (χ0) is 48.9. The number of methoxy groups -OCH3 is 2. The Morgan fingerprint density at radius 2 is 1.42 bits per heavy atom. The number of hydrogen-bond acceptors (Lipinski definition) is 10. The highest BCUT2D eigenvalue weighted by Gasteiger charge is 2.43. The number of ketones is 2. The van der Waals surface area contributed by atoms with Crippen LogP contribution in [0.15, 0.2) is 53.4 Å². The molecule has 14 heteroatoms. The lowest BCUT2D eigenvalue weighted by atomic mass is 9.83. The Balaban J connectivity index is 1.83. The molecular weight excluding hydrogens is 845 g/mol. The molecule has 13 nitrogen and oxygen atoms in total. The summed E-state index contributed by atoms with van der Waals surface area (Å²) in [6.45, 7) is 16.6. The van der Waals surface area contributed by atoms with Crippen LogP contribution in [0.1, 0.15) is 104 Å². The first-order valence-electron chi connectivity index (χ1n) is 23.4. The highest BCUT2D eigenvalue weighted by molar-refractivity contribution is 7.90. The average Bonchev–Trinajstić information content (AvgIpc) is 3.73. The maximum atomic E-state index is 14.5. The molecule has 0 radical (unpaired) electrons. The predicted octanol–water partition coefficient (Wildman–Crippen LogP) is 6.57. The van der Waals surface area contributed by atoms with Gasteiger partial charge in [-0.05, 0) is 81.3 Å². The number of sulfone groups is 1. The van der Waals surface area contributed by atoms with E-state index in [0.717, 1.165) is 29.4 Å². The van der Waals surface area contributed by atoms with E-state index in [-0.39, 0.29) is 90.2 Å². The van der Waals surface area contributed by atoms with Gasteiger partial charge in [-0.25, -0.2) is 8.42 Å². The van der Waals surface area contributed by atoms with Gasteiger partial charge in [0, 0.05) is 71.2 Å². The van der Waals surface area contributed by atoms with Crippen molar-refractivity contribution in [1.29, 1.82) is 0 Å². The third kappa shape index (κ3) is 15.3. The summed E-state index contributed by atoms with van der Waals surface area (Å²) >= 11 is 0. The summed E-state index contributed by atoms with van der Waals surface area (Å²) in [5.41, 5.74) is 2.73. The number of likely N-dealkylation sites (N-methyl/N-ethyl adjacent to an activating group) is 2. The monoisotopic (exact) mass is 925 g/mol. The molecule has 3 rings (SSSR count). The van der Waals surface area contributed by atoms with Crippen molar-refractivity contribution in [3.05, 3.63) is 65.2 Å². The van der Waals surface area contributed by atoms with Crippen molar-refractivity contribution in [2.24, 2.45) is 35.5 Å². The van der Waals surface area contributed by atoms with Gasteiger partial charge in [-0.15, -0.1) is 0 Å². The Hall–Kier alpha value is -3.98. The number of carbonyl (C=O) groups is 5. The van der Waals surface area contributed by atoms with E-state index < -0.39 is 51.9 Å². The second kappa shape index (κ2) is 25.2. The van der Waals surface area contributed by atoms with Gasteiger partial charge in [-0.3, -0.25) is 28.9 Å². The van der Waals surface area contributed by atoms with Crippen molar-refractivity contribution in [2.75, 3.05) is 48.2 Å². The molecule has 1 saturated heterocycles. The first-order chi connectivity index (χ1) is 30.5. The summed E-state index contributed by atoms with van der Waals surface area (Å²) in [5, 5.41) is 3.01. The number of carbonyl (C=O) groups excluding carboxylic acids is 5. The molecule has 1 heterocycles. The fourth-order valence-electron chi connectivity index (χ4n) is 9.69. The van der Waals surface area contributed by atoms with Crippen molar-refractivity contribution >= 4 is 39.1 Å². The summed E-state index contributed by atoms with van der Waals surface area (Å²) in [6, 6.07) is 13.0. The van der Waals surface area contributed by atoms with Crippen LogP contribution in [-0.2, 0) is 56.2 Å². The lowest BCUT2D eigenvalue weighted by Crippen LogP contribution is -2.54. The van der Waals surface area contributed by atoms with Gasteiger partial charge in [-0.2, -0.15) is 0 Å². The van der Waals surface area contributed by atoms with Gasteiger partial charge in [0.25, 0.3) is 0 Å². The molecular formula is C51H80N4O9S. The van der Waals surface area contributed by atoms with E-state index >= 15 is 0 Å². The van der Waals surface area contributed by atoms with Crippen LogP contribution in [0.2, 0.25) is 0 Å². The zero-order valence-corrected chi connectivity index (χ0v) is 42.6. The highest BCUT2D eigenvalue weighted by Crippen LogP contribution is 2.32. The number of nitrogens with zero attached hydrogens (tertiary/aromatic N) is 3. The second-order valence-corrected chi connectivity index (χ2v) is 21.5. The molecule has 1 aliphatic heterocycles. The molecule has 3 amide bonds. The number of likely N-dealkylation sites (tertiary alicyclic amines) is 1. The Morgan fingerprint density at radius 1 is 0.815 bits per heavy atom. The van der Waals surface area contributed by atoms with Gasteiger partial charge in [-0.1, -0.05) is 96.8 Å². The normalized spacial score (nSPS) is 18.2. The lowest BCUT2D eigenvalue weighted by Gasteiger charge is -2.41. The van der Waals surface area contributed by atoms with E-state index in [1.807, 2.05) is 84.8 Å². The Kier molecular flexibility index (Phi) is 21.5. The lowest BCUT2D eigenvalue weighted by molar-refractivity contribution is -0.149. The number of amides is 3. The second-order valence-electron chi connectivity index (χ2n) is 19.5. The van der Waals surface area contributed by atoms with Crippen molar-refractivity contribution in [1.82, 2.24) is 20.0 Å². The maximum Gasteiger partial charge on any atom is 0.226 e. The predicted molar refractivity (Wildman–Crippen MR) is 256 cm³/mol. The van der Waals surface area contributed by atoms with E-state index in [1.54, 1.807) is 50.1 Å². The van der Waals surface area contributed by atoms with Crippen LogP contribution in [-0.4, -0.2) is 131 Å². The first-order valence-corrected chi connectivity index (χ1v) is 25.3. The van der Waals surface area contributed by atoms with Gasteiger partial charge in [0.05, 0.1) is 41.6 Å². The SMILES string of the molecule is CC[C@H](C)[C@@H]([C@@H](CC(=O)N1CCC[C@H]1[C@H](OC)[C@@H](C)C(=O)C[C@@H](Cc1ccc(S(C)(=O)=O)cc1)C(=O)NCc1ccc(C)cc1)OC)N(C)C(=O)[C@@H](CC(=O)[C@H](C(C)C)N(C)C)C(C)C. The van der Waals surface area contributed by atoms with Crippen LogP contribution in [0.25, 0.3) is 0 Å². The molecule has 0 aliphatic carbocycles. The number of hydrogen-bond donors (Lipinski definition) is 1. The summed E-state index contributed by atoms with van der Waals surface area (Å²) in [7, 11) is 5.22. The Morgan fingerprint density at radius 3 is 1.92 bits per heavy atom. The number of Topliss-reactive ketones (excluding diaryl/α,β-unsaturated/α-hetero) is 2. The number of aryl methyl sites for hydroxylation is 1. The van der Waals surface area contributed by atoms with Crippen LogP contribution in [0, 0.1) is 42.4 Å². The molecule has 9 atom stereocenters. The van der Waals surface area contributed by atoms with Crippen molar-refractivity contribution in [3.8, 4) is 0 Å². The minimum absolute atomic E-state index is 0.00106. The summed E-state index contributed by atoms with van der Waals surface area (Å²) in [6.07, 6.45) is 2.14. The molecule has 0 unspecified atom stereocenters. The highest BCUT2D eigenvalue weighted by atomic mass is 32.2. The molecule has 0 saturated carbocycles. The fraction of sp³-hybridized carbons (Fsp3) is 0.667. The minimum atomic E-state index is -3.42. The molecule has 0 bridgehead atoms. The maximum absolute atomic E-state index is 14.5. The van der Waals surface area contributed by atoms with Gasteiger partial charge in [0.2, 0.25) is 17.7 Å². The van der Waals surface area contributed by atoms with Gasteiger partial charge < -0.3 is 24.6 Å². The molecule has 65 heavy (non-hydrogen) atoms. The summed E-state index contributed by atoms with van der Waals surface area (Å²) < 4.78 is 36.4. The molecule has 1 N–H and O–H groups in total. The molecule has 0 spiro atoms. The van der Waals surface area contributed by atoms with Crippen LogP contribution in [0.3, 0.4) is 0 Å². The number of ether oxygens (including phenoxy) is 2. The zero-order valence-electron chi connectivity index (χ0n) is 41.8. The van der Waals surface area contributed by atoms with E-state index in [1.165, 1.54) is 12.1 Å². The molecule has 0 aromatic heterocycles. The number of rotatable bonds is 26. The molecule has 364 valence electrons. The molecule has 2 aromatic carbocycles. The molecule has 1 fully saturated rings. The van der Waals surface area contributed by atoms with Gasteiger partial charge in [0.15, 0.2) is 15.6 Å². The van der Waals surface area contributed by atoms with Crippen LogP contribution >= 0.6 is 0 Å².